The van der Waals surface area contributed by atoms with Gasteiger partial charge in [0.15, 0.2) is 81.8 Å². The summed E-state index contributed by atoms with van der Waals surface area (Å²) in [6, 6.07) is 0. The Labute approximate surface area is 805 Å². The molecule has 39 heterocycles. The Morgan fingerprint density at radius 3 is 0.189 bits per heavy atom. The molecular weight excluding hydrogens is 1980 g/mol. The Morgan fingerprint density at radius 2 is 0.140 bits per heavy atom. The zero-order chi connectivity index (χ0) is 104. The lowest BCUT2D eigenvalue weighted by Crippen LogP contribution is -2.69. The molecule has 0 radical (unpaired) electrons. The molecule has 39 N–H and O–H groups in total. The van der Waals surface area contributed by atoms with Crippen LogP contribution in [0.3, 0.4) is 0 Å². The van der Waals surface area contributed by atoms with Crippen LogP contribution in [0.15, 0.2) is 0 Å². The van der Waals surface area contributed by atoms with E-state index in [1.165, 1.54) is 0 Å². The molecule has 39 saturated heterocycles. The van der Waals surface area contributed by atoms with Gasteiger partial charge in [-0.05, 0) is 0 Å². The summed E-state index contributed by atoms with van der Waals surface area (Å²) in [5.41, 5.74) is 0. The summed E-state index contributed by atoms with van der Waals surface area (Å²) in [7, 11) is 0. The molecular formula is C78H130O65. The topological polar surface area (TPSA) is 1030 Å². The Hall–Kier alpha value is -2.60. The lowest BCUT2D eigenvalue weighted by atomic mass is 9.95. The van der Waals surface area contributed by atoms with E-state index >= 15 is 0 Å². The van der Waals surface area contributed by atoms with Gasteiger partial charge in [0, 0.05) is 0 Å². The molecule has 0 spiro atoms. The molecule has 39 fully saturated rings. The molecule has 0 aromatic carbocycles. The molecule has 65 nitrogen and oxygen atoms in total. The fraction of sp³-hybridized carbons (Fsp3) is 1.00. The van der Waals surface area contributed by atoms with Crippen molar-refractivity contribution in [2.45, 2.75) is 399 Å². The second kappa shape index (κ2) is 49.9. The summed E-state index contributed by atoms with van der Waals surface area (Å²) < 4.78 is 149. The molecule has 39 rings (SSSR count). The molecule has 0 amide bonds. The van der Waals surface area contributed by atoms with Gasteiger partial charge in [-0.1, -0.05) is 0 Å². The largest absolute Gasteiger partial charge is 0.394 e. The van der Waals surface area contributed by atoms with Gasteiger partial charge in [0.05, 0.1) is 85.9 Å². The predicted octanol–water partition coefficient (Wildman–Crippen LogP) is -28.3. The second-order valence-electron chi connectivity index (χ2n) is 36.5. The van der Waals surface area contributed by atoms with E-state index in [9.17, 15) is 199 Å². The summed E-state index contributed by atoms with van der Waals surface area (Å²) >= 11 is 0. The van der Waals surface area contributed by atoms with Gasteiger partial charge in [0.25, 0.3) is 0 Å². The monoisotopic (exact) mass is 2110 g/mol. The lowest BCUT2D eigenvalue weighted by Gasteiger charge is -2.50. The maximum absolute atomic E-state index is 11.6. The van der Waals surface area contributed by atoms with Crippen molar-refractivity contribution in [3.63, 3.8) is 0 Å². The number of aliphatic hydroxyl groups is 39. The lowest BCUT2D eigenvalue weighted by molar-refractivity contribution is -0.401. The van der Waals surface area contributed by atoms with Crippen molar-refractivity contribution in [2.24, 2.45) is 0 Å². The molecule has 39 aliphatic heterocycles. The fourth-order valence-corrected chi connectivity index (χ4v) is 19.3. The number of aliphatic hydroxyl groups excluding tert-OH is 39. The molecule has 0 aromatic rings. The Bertz CT molecular complexity index is 2930. The van der Waals surface area contributed by atoms with E-state index < -0.39 is 485 Å². The van der Waals surface area contributed by atoms with Crippen LogP contribution in [0.4, 0.5) is 0 Å². The van der Waals surface area contributed by atoms with Gasteiger partial charge in [-0.2, -0.15) is 0 Å². The van der Waals surface area contributed by atoms with Crippen LogP contribution >= 0.6 is 0 Å². The van der Waals surface area contributed by atoms with E-state index in [0.29, 0.717) is 0 Å². The maximum atomic E-state index is 11.6. The first kappa shape index (κ1) is 116. The van der Waals surface area contributed by atoms with Gasteiger partial charge >= 0.3 is 0 Å². The highest BCUT2D eigenvalue weighted by Gasteiger charge is 2.65. The quantitative estimate of drug-likeness (QED) is 0.0814. The summed E-state index contributed by atoms with van der Waals surface area (Å²) in [4.78, 5) is 0. The zero-order valence-corrected chi connectivity index (χ0v) is 74.8. The van der Waals surface area contributed by atoms with Crippen molar-refractivity contribution in [3.8, 4) is 0 Å². The van der Waals surface area contributed by atoms with E-state index in [2.05, 4.69) is 0 Å². The normalized spacial score (nSPS) is 55.4. The highest BCUT2D eigenvalue weighted by molar-refractivity contribution is 5.07. The highest BCUT2D eigenvalue weighted by atomic mass is 16.8. The van der Waals surface area contributed by atoms with E-state index in [0.717, 1.165) is 0 Å². The first-order chi connectivity index (χ1) is 68.1. The molecule has 26 bridgehead atoms. The Morgan fingerprint density at radius 1 is 0.0839 bits per heavy atom. The highest BCUT2D eigenvalue weighted by Crippen LogP contribution is 2.44. The first-order valence-electron chi connectivity index (χ1n) is 45.7. The van der Waals surface area contributed by atoms with Crippen molar-refractivity contribution >= 4 is 0 Å². The SMILES string of the molecule is OCC1OC2OC3C(CO)OC(OC4C(CO)OC(OC5C(CO)OC(OC6C(CO)OC(OC7C(CO)OC(OC8C(CO)OC(OC9C(CO)OC(OC%10C(CO)OC(OC%11C(CO)OC(OC%12C(CO)OC(OC%13C(CO)OC(OC%14C(CO)OC(OC1C(O)C2O)C(O)C%14O)C(O)C%13O)C(O)C%12O)C(O)C%11O)C(O)C%10O)C(O)C9O)C(O)C8O)C(O)C7O)C(O)C6O)C(O)C5O)C(O)C4O)C(O)C3O. The van der Waals surface area contributed by atoms with Crippen LogP contribution in [0.2, 0.25) is 0 Å². The van der Waals surface area contributed by atoms with E-state index in [1.54, 1.807) is 0 Å². The molecule has 0 saturated carbocycles. The summed E-state index contributed by atoms with van der Waals surface area (Å²) in [5, 5.41) is 439. The van der Waals surface area contributed by atoms with Crippen molar-refractivity contribution in [2.75, 3.05) is 85.9 Å². The Balaban J connectivity index is 0.669. The van der Waals surface area contributed by atoms with Crippen LogP contribution in [0, 0.1) is 0 Å². The van der Waals surface area contributed by atoms with Crippen LogP contribution in [-0.4, -0.2) is 684 Å². The van der Waals surface area contributed by atoms with Crippen molar-refractivity contribution in [3.05, 3.63) is 0 Å². The molecule has 0 aromatic heterocycles. The number of hydrogen-bond donors (Lipinski definition) is 39. The first-order valence-corrected chi connectivity index (χ1v) is 45.7. The zero-order valence-electron chi connectivity index (χ0n) is 74.8. The predicted molar refractivity (Wildman–Crippen MR) is 424 cm³/mol. The third-order valence-electron chi connectivity index (χ3n) is 27.5. The fourth-order valence-electron chi connectivity index (χ4n) is 19.3. The standard InChI is InChI=1S/C78H130O65/c79-1-14-53-27(92)40(105)66(118-14)132-54-15(2-80)120-68(42(107)29(54)94)134-56-17(4-82)122-70(44(109)31(56)96)136-58-19(6-84)124-72(46(111)33(58)98)138-60-21(8-86)126-74(48(113)35(60)100)140-62-23(10-88)128-76(50(115)37(62)102)142-64-25(12-90)130-78(52(117)39(64)104)143-65-26(13-91)129-77(51(116)38(65)103)141-63-24(11-89)127-75(49(114)36(63)101)139-61-22(9-87)125-73(47(112)34(61)99)137-59-20(7-85)123-71(45(110)32(59)97)135-57-18(5-83)121-69(43(108)30(57)95)133-55-16(3-81)119-67(131-53)41(106)28(55)93/h14-117H,1-13H2. The van der Waals surface area contributed by atoms with E-state index in [-0.39, 0.29) is 0 Å². The van der Waals surface area contributed by atoms with Crippen molar-refractivity contribution in [1.82, 2.24) is 0 Å². The second-order valence-corrected chi connectivity index (χ2v) is 36.5. The number of hydrogen-bond acceptors (Lipinski definition) is 65. The van der Waals surface area contributed by atoms with Crippen molar-refractivity contribution in [1.29, 1.82) is 0 Å². The molecule has 65 heteroatoms. The smallest absolute Gasteiger partial charge is 0.187 e. The van der Waals surface area contributed by atoms with Gasteiger partial charge in [0.1, 0.15) is 317 Å². The van der Waals surface area contributed by atoms with Crippen LogP contribution in [0.5, 0.6) is 0 Å². The summed E-state index contributed by atoms with van der Waals surface area (Å²) in [5.74, 6) is 0. The average molecular weight is 2110 g/mol. The third kappa shape index (κ3) is 23.4. The third-order valence-corrected chi connectivity index (χ3v) is 27.5. The average Bonchev–Trinajstić information content (AvgIpc) is 0.770. The van der Waals surface area contributed by atoms with Gasteiger partial charge < -0.3 is 322 Å². The molecule has 39 aliphatic rings. The molecule has 143 heavy (non-hydrogen) atoms. The number of rotatable bonds is 13. The van der Waals surface area contributed by atoms with Crippen molar-refractivity contribution < 1.29 is 322 Å². The van der Waals surface area contributed by atoms with Crippen LogP contribution in [0.1, 0.15) is 0 Å². The van der Waals surface area contributed by atoms with Crippen LogP contribution in [0.25, 0.3) is 0 Å². The molecule has 65 atom stereocenters. The molecule has 65 unspecified atom stereocenters. The minimum absolute atomic E-state index is 1.18. The minimum Gasteiger partial charge on any atom is -0.394 e. The van der Waals surface area contributed by atoms with Crippen LogP contribution < -0.4 is 0 Å². The number of ether oxygens (including phenoxy) is 26. The summed E-state index contributed by atoms with van der Waals surface area (Å²) in [6.07, 6.45) is -141. The van der Waals surface area contributed by atoms with Gasteiger partial charge in [0.2, 0.25) is 0 Å². The van der Waals surface area contributed by atoms with Gasteiger partial charge in [-0.15, -0.1) is 0 Å². The van der Waals surface area contributed by atoms with Gasteiger partial charge in [-0.3, -0.25) is 0 Å². The van der Waals surface area contributed by atoms with Crippen LogP contribution in [-0.2, 0) is 123 Å². The minimum atomic E-state index is -2.37. The van der Waals surface area contributed by atoms with E-state index in [1.807, 2.05) is 0 Å². The summed E-state index contributed by atoms with van der Waals surface area (Å²) in [6.45, 7) is -15.4. The van der Waals surface area contributed by atoms with E-state index in [4.69, 9.17) is 123 Å². The molecule has 832 valence electrons. The maximum Gasteiger partial charge on any atom is 0.187 e. The van der Waals surface area contributed by atoms with Gasteiger partial charge in [-0.25, -0.2) is 0 Å². The Kier molecular flexibility index (Phi) is 40.4. The molecule has 0 aliphatic carbocycles.